The minimum Gasteiger partial charge on any atom is -0.375 e. The summed E-state index contributed by atoms with van der Waals surface area (Å²) in [5, 5.41) is 6.29. The van der Waals surface area contributed by atoms with E-state index in [-0.39, 0.29) is 11.9 Å². The van der Waals surface area contributed by atoms with Crippen LogP contribution in [0, 0.1) is 5.92 Å². The number of anilines is 1. The second-order valence-corrected chi connectivity index (χ2v) is 5.60. The highest BCUT2D eigenvalue weighted by molar-refractivity contribution is 5.82. The molecule has 4 nitrogen and oxygen atoms in total. The lowest BCUT2D eigenvalue weighted by atomic mass is 10.0. The Labute approximate surface area is 121 Å². The van der Waals surface area contributed by atoms with Crippen molar-refractivity contribution < 1.29 is 4.79 Å². The van der Waals surface area contributed by atoms with Crippen LogP contribution < -0.4 is 15.5 Å². The van der Waals surface area contributed by atoms with Gasteiger partial charge in [0.1, 0.15) is 0 Å². The van der Waals surface area contributed by atoms with Gasteiger partial charge in [-0.15, -0.1) is 0 Å². The zero-order valence-electron chi connectivity index (χ0n) is 12.4. The lowest BCUT2D eigenvalue weighted by molar-refractivity contribution is -0.123. The van der Waals surface area contributed by atoms with Crippen LogP contribution in [0.15, 0.2) is 30.3 Å². The smallest absolute Gasteiger partial charge is 0.237 e. The van der Waals surface area contributed by atoms with Gasteiger partial charge in [0.15, 0.2) is 0 Å². The fourth-order valence-electron chi connectivity index (χ4n) is 2.63. The Morgan fingerprint density at radius 1 is 1.40 bits per heavy atom. The van der Waals surface area contributed by atoms with E-state index in [2.05, 4.69) is 41.6 Å². The largest absolute Gasteiger partial charge is 0.375 e. The molecule has 4 heteroatoms. The first kappa shape index (κ1) is 14.9. The number of amides is 1. The predicted molar refractivity (Wildman–Crippen MR) is 82.9 cm³/mol. The third-order valence-electron chi connectivity index (χ3n) is 3.98. The first-order chi connectivity index (χ1) is 9.68. The average molecular weight is 275 g/mol. The number of benzene rings is 1. The monoisotopic (exact) mass is 275 g/mol. The molecule has 1 aromatic carbocycles. The summed E-state index contributed by atoms with van der Waals surface area (Å²) in [7, 11) is 2.08. The van der Waals surface area contributed by atoms with E-state index in [0.717, 1.165) is 32.5 Å². The van der Waals surface area contributed by atoms with Crippen LogP contribution in [-0.4, -0.2) is 38.6 Å². The van der Waals surface area contributed by atoms with Crippen LogP contribution in [0.3, 0.4) is 0 Å². The second-order valence-electron chi connectivity index (χ2n) is 5.60. The zero-order chi connectivity index (χ0) is 14.4. The molecular formula is C16H25N3O. The number of hydrogen-bond donors (Lipinski definition) is 2. The lowest BCUT2D eigenvalue weighted by Gasteiger charge is -2.20. The topological polar surface area (TPSA) is 44.4 Å². The van der Waals surface area contributed by atoms with Crippen LogP contribution >= 0.6 is 0 Å². The van der Waals surface area contributed by atoms with Crippen molar-refractivity contribution in [1.82, 2.24) is 10.6 Å². The van der Waals surface area contributed by atoms with Gasteiger partial charge in [-0.2, -0.15) is 0 Å². The highest BCUT2D eigenvalue weighted by Crippen LogP contribution is 2.14. The van der Waals surface area contributed by atoms with Crippen LogP contribution in [0.4, 0.5) is 5.69 Å². The summed E-state index contributed by atoms with van der Waals surface area (Å²) in [6.07, 6.45) is 2.05. The standard InChI is InChI=1S/C16H25N3O/c1-13-9-11-17-15(13)16(20)18-10-6-12-19(2)14-7-4-3-5-8-14/h3-5,7-8,13,15,17H,6,9-12H2,1-2H3,(H,18,20). The normalized spacial score (nSPS) is 21.7. The molecule has 1 aliphatic heterocycles. The lowest BCUT2D eigenvalue weighted by Crippen LogP contribution is -2.43. The van der Waals surface area contributed by atoms with Gasteiger partial charge in [-0.1, -0.05) is 25.1 Å². The molecule has 0 spiro atoms. The van der Waals surface area contributed by atoms with E-state index in [1.807, 2.05) is 18.2 Å². The van der Waals surface area contributed by atoms with Gasteiger partial charge < -0.3 is 15.5 Å². The van der Waals surface area contributed by atoms with Crippen molar-refractivity contribution in [2.75, 3.05) is 31.6 Å². The highest BCUT2D eigenvalue weighted by Gasteiger charge is 2.28. The Hall–Kier alpha value is -1.55. The molecule has 0 radical (unpaired) electrons. The van der Waals surface area contributed by atoms with Crippen LogP contribution in [0.5, 0.6) is 0 Å². The Morgan fingerprint density at radius 3 is 2.80 bits per heavy atom. The predicted octanol–water partition coefficient (Wildman–Crippen LogP) is 1.63. The Kier molecular flexibility index (Phi) is 5.41. The number of para-hydroxylation sites is 1. The molecule has 0 aliphatic carbocycles. The van der Waals surface area contributed by atoms with Gasteiger partial charge >= 0.3 is 0 Å². The van der Waals surface area contributed by atoms with Gasteiger partial charge in [-0.3, -0.25) is 4.79 Å². The third-order valence-corrected chi connectivity index (χ3v) is 3.98. The Bertz CT molecular complexity index is 421. The SMILES string of the molecule is CC1CCNC1C(=O)NCCCN(C)c1ccccc1. The van der Waals surface area contributed by atoms with Gasteiger partial charge in [0, 0.05) is 25.8 Å². The number of carbonyl (C=O) groups is 1. The van der Waals surface area contributed by atoms with Crippen LogP contribution in [0.1, 0.15) is 19.8 Å². The van der Waals surface area contributed by atoms with E-state index in [1.54, 1.807) is 0 Å². The highest BCUT2D eigenvalue weighted by atomic mass is 16.2. The van der Waals surface area contributed by atoms with Gasteiger partial charge in [-0.05, 0) is 37.4 Å². The summed E-state index contributed by atoms with van der Waals surface area (Å²) in [6, 6.07) is 10.3. The maximum Gasteiger partial charge on any atom is 0.237 e. The van der Waals surface area contributed by atoms with Crippen molar-refractivity contribution in [3.05, 3.63) is 30.3 Å². The first-order valence-electron chi connectivity index (χ1n) is 7.46. The Balaban J connectivity index is 1.65. The molecule has 2 rings (SSSR count). The summed E-state index contributed by atoms with van der Waals surface area (Å²) >= 11 is 0. The quantitative estimate of drug-likeness (QED) is 0.776. The molecule has 0 saturated carbocycles. The van der Waals surface area contributed by atoms with Crippen LogP contribution in [0.25, 0.3) is 0 Å². The van der Waals surface area contributed by atoms with E-state index in [9.17, 15) is 4.79 Å². The van der Waals surface area contributed by atoms with Crippen LogP contribution in [-0.2, 0) is 4.79 Å². The molecule has 1 amide bonds. The van der Waals surface area contributed by atoms with Crippen molar-refractivity contribution in [2.45, 2.75) is 25.8 Å². The number of hydrogen-bond acceptors (Lipinski definition) is 3. The molecule has 2 atom stereocenters. The molecule has 1 aliphatic rings. The summed E-state index contributed by atoms with van der Waals surface area (Å²) in [5.41, 5.74) is 1.21. The number of carbonyl (C=O) groups excluding carboxylic acids is 1. The number of rotatable bonds is 6. The maximum atomic E-state index is 12.0. The van der Waals surface area contributed by atoms with Gasteiger partial charge in [-0.25, -0.2) is 0 Å². The number of nitrogens with one attached hydrogen (secondary N) is 2. The molecule has 1 heterocycles. The van der Waals surface area contributed by atoms with E-state index in [1.165, 1.54) is 5.69 Å². The summed E-state index contributed by atoms with van der Waals surface area (Å²) in [4.78, 5) is 14.2. The number of nitrogens with zero attached hydrogens (tertiary/aromatic N) is 1. The molecule has 0 aromatic heterocycles. The van der Waals surface area contributed by atoms with Gasteiger partial charge in [0.2, 0.25) is 5.91 Å². The van der Waals surface area contributed by atoms with Crippen molar-refractivity contribution in [3.8, 4) is 0 Å². The van der Waals surface area contributed by atoms with Gasteiger partial charge in [0.25, 0.3) is 0 Å². The fraction of sp³-hybridized carbons (Fsp3) is 0.562. The van der Waals surface area contributed by atoms with Crippen LogP contribution in [0.2, 0.25) is 0 Å². The van der Waals surface area contributed by atoms with Crippen molar-refractivity contribution in [2.24, 2.45) is 5.92 Å². The van der Waals surface area contributed by atoms with Crippen molar-refractivity contribution in [1.29, 1.82) is 0 Å². The zero-order valence-corrected chi connectivity index (χ0v) is 12.4. The third kappa shape index (κ3) is 3.97. The maximum absolute atomic E-state index is 12.0. The second kappa shape index (κ2) is 7.29. The molecule has 1 aromatic rings. The first-order valence-corrected chi connectivity index (χ1v) is 7.46. The fourth-order valence-corrected chi connectivity index (χ4v) is 2.63. The average Bonchev–Trinajstić information content (AvgIpc) is 2.90. The minimum atomic E-state index is 0.00172. The summed E-state index contributed by atoms with van der Waals surface area (Å²) in [6.45, 7) is 4.77. The van der Waals surface area contributed by atoms with Gasteiger partial charge in [0.05, 0.1) is 6.04 Å². The van der Waals surface area contributed by atoms with E-state index in [0.29, 0.717) is 5.92 Å². The molecule has 2 unspecified atom stereocenters. The van der Waals surface area contributed by atoms with E-state index in [4.69, 9.17) is 0 Å². The molecule has 2 N–H and O–H groups in total. The Morgan fingerprint density at radius 2 is 2.15 bits per heavy atom. The molecule has 20 heavy (non-hydrogen) atoms. The molecular weight excluding hydrogens is 250 g/mol. The summed E-state index contributed by atoms with van der Waals surface area (Å²) < 4.78 is 0. The van der Waals surface area contributed by atoms with Crippen molar-refractivity contribution >= 4 is 11.6 Å². The molecule has 110 valence electrons. The van der Waals surface area contributed by atoms with E-state index >= 15 is 0 Å². The minimum absolute atomic E-state index is 0.00172. The van der Waals surface area contributed by atoms with Crippen molar-refractivity contribution in [3.63, 3.8) is 0 Å². The van der Waals surface area contributed by atoms with E-state index < -0.39 is 0 Å². The molecule has 1 fully saturated rings. The summed E-state index contributed by atoms with van der Waals surface area (Å²) in [5.74, 6) is 0.597. The molecule has 1 saturated heterocycles. The molecule has 0 bridgehead atoms.